The van der Waals surface area contributed by atoms with Crippen molar-refractivity contribution in [3.8, 4) is 11.8 Å². The third-order valence-corrected chi connectivity index (χ3v) is 5.75. The molecule has 4 heterocycles. The van der Waals surface area contributed by atoms with Crippen LogP contribution in [0.3, 0.4) is 0 Å². The Morgan fingerprint density at radius 1 is 1.14 bits per heavy atom. The minimum absolute atomic E-state index is 0.179. The average Bonchev–Trinajstić information content (AvgIpc) is 3.40. The fourth-order valence-electron chi connectivity index (χ4n) is 4.38. The highest BCUT2D eigenvalue weighted by atomic mass is 15.6. The molecule has 0 aliphatic carbocycles. The highest BCUT2D eigenvalue weighted by Crippen LogP contribution is 2.37. The lowest BCUT2D eigenvalue weighted by molar-refractivity contribution is 0.170. The average molecular weight is 387 g/mol. The van der Waals surface area contributed by atoms with E-state index in [1.165, 1.54) is 5.56 Å². The predicted octanol–water partition coefficient (Wildman–Crippen LogP) is 1.66. The Kier molecular flexibility index (Phi) is 4.41. The van der Waals surface area contributed by atoms with Gasteiger partial charge >= 0.3 is 0 Å². The molecule has 2 aromatic heterocycles. The van der Waals surface area contributed by atoms with Crippen LogP contribution in [0, 0.1) is 18.3 Å². The number of nitriles is 1. The Labute approximate surface area is 168 Å². The molecule has 5 rings (SSSR count). The number of aromatic nitrogens is 6. The summed E-state index contributed by atoms with van der Waals surface area (Å²) in [6.45, 7) is 4.55. The molecule has 0 amide bonds. The second kappa shape index (κ2) is 7.22. The van der Waals surface area contributed by atoms with Gasteiger partial charge in [0, 0.05) is 38.1 Å². The van der Waals surface area contributed by atoms with Crippen LogP contribution in [0.15, 0.2) is 36.7 Å². The van der Waals surface area contributed by atoms with Gasteiger partial charge in [0.2, 0.25) is 0 Å². The predicted molar refractivity (Wildman–Crippen MR) is 105 cm³/mol. The molecular weight excluding hydrogens is 366 g/mol. The number of hydrogen-bond acceptors (Lipinski definition) is 8. The summed E-state index contributed by atoms with van der Waals surface area (Å²) in [6, 6.07) is 10.8. The summed E-state index contributed by atoms with van der Waals surface area (Å²) in [5, 5.41) is 22.6. The van der Waals surface area contributed by atoms with Crippen LogP contribution in [0.5, 0.6) is 0 Å². The quantitative estimate of drug-likeness (QED) is 0.669. The molecule has 0 radical (unpaired) electrons. The first-order valence-electron chi connectivity index (χ1n) is 9.81. The van der Waals surface area contributed by atoms with Gasteiger partial charge in [0.15, 0.2) is 17.3 Å². The molecule has 2 saturated heterocycles. The molecule has 29 heavy (non-hydrogen) atoms. The van der Waals surface area contributed by atoms with Crippen LogP contribution in [0.4, 0.5) is 5.82 Å². The molecule has 9 heteroatoms. The van der Waals surface area contributed by atoms with E-state index in [2.05, 4.69) is 60.3 Å². The van der Waals surface area contributed by atoms with Crippen LogP contribution in [0.2, 0.25) is 0 Å². The van der Waals surface area contributed by atoms with Gasteiger partial charge in [-0.3, -0.25) is 4.90 Å². The molecule has 9 nitrogen and oxygen atoms in total. The first-order valence-corrected chi connectivity index (χ1v) is 9.81. The molecule has 146 valence electrons. The molecule has 2 fully saturated rings. The van der Waals surface area contributed by atoms with Gasteiger partial charge in [-0.1, -0.05) is 12.1 Å². The topological polar surface area (TPSA) is 99.7 Å². The molecule has 2 atom stereocenters. The lowest BCUT2D eigenvalue weighted by atomic mass is 10.1. The lowest BCUT2D eigenvalue weighted by Gasteiger charge is -2.39. The number of rotatable bonds is 3. The van der Waals surface area contributed by atoms with Crippen molar-refractivity contribution in [3.05, 3.63) is 53.7 Å². The molecule has 2 aliphatic heterocycles. The van der Waals surface area contributed by atoms with E-state index in [4.69, 9.17) is 0 Å². The Bertz CT molecular complexity index is 1070. The Hall–Kier alpha value is -3.38. The Morgan fingerprint density at radius 3 is 2.90 bits per heavy atom. The minimum Gasteiger partial charge on any atom is -0.351 e. The van der Waals surface area contributed by atoms with Gasteiger partial charge in [-0.15, -0.1) is 15.0 Å². The number of anilines is 1. The second-order valence-corrected chi connectivity index (χ2v) is 7.55. The molecule has 3 aromatic rings. The van der Waals surface area contributed by atoms with E-state index in [0.717, 1.165) is 44.0 Å². The Balaban J connectivity index is 1.33. The van der Waals surface area contributed by atoms with Crippen LogP contribution < -0.4 is 4.90 Å². The van der Waals surface area contributed by atoms with Crippen LogP contribution in [-0.4, -0.2) is 60.8 Å². The second-order valence-electron chi connectivity index (χ2n) is 7.55. The van der Waals surface area contributed by atoms with Crippen LogP contribution in [-0.2, 0) is 0 Å². The summed E-state index contributed by atoms with van der Waals surface area (Å²) in [5.74, 6) is 1.46. The number of fused-ring (bicyclic) bond motifs is 1. The number of piperazine rings is 1. The van der Waals surface area contributed by atoms with Crippen molar-refractivity contribution in [1.29, 1.82) is 5.26 Å². The van der Waals surface area contributed by atoms with E-state index >= 15 is 0 Å². The van der Waals surface area contributed by atoms with E-state index in [1.54, 1.807) is 17.2 Å². The van der Waals surface area contributed by atoms with Crippen LogP contribution in [0.1, 0.15) is 36.0 Å². The van der Waals surface area contributed by atoms with E-state index in [9.17, 15) is 5.26 Å². The summed E-state index contributed by atoms with van der Waals surface area (Å²) in [7, 11) is 0. The van der Waals surface area contributed by atoms with Crippen molar-refractivity contribution in [2.75, 3.05) is 24.5 Å². The summed E-state index contributed by atoms with van der Waals surface area (Å²) in [6.07, 6.45) is 5.27. The maximum absolute atomic E-state index is 9.33. The molecule has 0 bridgehead atoms. The molecule has 0 N–H and O–H groups in total. The number of benzene rings is 1. The number of tetrazole rings is 1. The molecular formula is C20H21N9. The first kappa shape index (κ1) is 17.7. The maximum Gasteiger partial charge on any atom is 0.192 e. The Morgan fingerprint density at radius 2 is 2.03 bits per heavy atom. The van der Waals surface area contributed by atoms with Gasteiger partial charge in [0.1, 0.15) is 6.07 Å². The fourth-order valence-corrected chi connectivity index (χ4v) is 4.38. The van der Waals surface area contributed by atoms with Gasteiger partial charge in [0.25, 0.3) is 0 Å². The summed E-state index contributed by atoms with van der Waals surface area (Å²) in [5.41, 5.74) is 2.48. The number of aryl methyl sites for hydroxylation is 1. The van der Waals surface area contributed by atoms with Crippen LogP contribution >= 0.6 is 0 Å². The smallest absolute Gasteiger partial charge is 0.192 e. The monoisotopic (exact) mass is 387 g/mol. The van der Waals surface area contributed by atoms with Crippen molar-refractivity contribution >= 4 is 5.82 Å². The van der Waals surface area contributed by atoms with E-state index < -0.39 is 0 Å². The summed E-state index contributed by atoms with van der Waals surface area (Å²) < 4.78 is 0. The van der Waals surface area contributed by atoms with Crippen LogP contribution in [0.25, 0.3) is 5.69 Å². The van der Waals surface area contributed by atoms with Gasteiger partial charge in [-0.05, 0) is 42.7 Å². The lowest BCUT2D eigenvalue weighted by Crippen LogP contribution is -2.51. The van der Waals surface area contributed by atoms with Gasteiger partial charge in [-0.2, -0.15) is 5.26 Å². The highest BCUT2D eigenvalue weighted by molar-refractivity contribution is 5.50. The van der Waals surface area contributed by atoms with Crippen molar-refractivity contribution in [2.24, 2.45) is 0 Å². The molecule has 0 saturated carbocycles. The number of nitrogens with zero attached hydrogens (tertiary/aromatic N) is 9. The summed E-state index contributed by atoms with van der Waals surface area (Å²) >= 11 is 0. The first-order chi connectivity index (χ1) is 14.2. The van der Waals surface area contributed by atoms with Crippen molar-refractivity contribution < 1.29 is 0 Å². The number of hydrogen-bond donors (Lipinski definition) is 0. The third-order valence-electron chi connectivity index (χ3n) is 5.75. The van der Waals surface area contributed by atoms with Gasteiger partial charge in [0.05, 0.1) is 11.7 Å². The van der Waals surface area contributed by atoms with Crippen molar-refractivity contribution in [1.82, 2.24) is 35.1 Å². The molecule has 0 unspecified atom stereocenters. The zero-order chi connectivity index (χ0) is 19.8. The zero-order valence-corrected chi connectivity index (χ0v) is 16.2. The summed E-state index contributed by atoms with van der Waals surface area (Å²) in [4.78, 5) is 14.8. The normalized spacial score (nSPS) is 21.7. The van der Waals surface area contributed by atoms with Gasteiger partial charge < -0.3 is 4.90 Å². The third kappa shape index (κ3) is 3.21. The minimum atomic E-state index is 0.179. The SMILES string of the molecule is Cc1cccc(-n2nnc([C@@H]3CC[C@@H]4CN(c5nccnc5C#N)CCN43)n2)c1. The molecule has 2 aliphatic rings. The van der Waals surface area contributed by atoms with Gasteiger partial charge in [-0.25, -0.2) is 9.97 Å². The van der Waals surface area contributed by atoms with E-state index in [0.29, 0.717) is 17.6 Å². The maximum atomic E-state index is 9.33. The highest BCUT2D eigenvalue weighted by Gasteiger charge is 2.40. The van der Waals surface area contributed by atoms with Crippen molar-refractivity contribution in [3.63, 3.8) is 0 Å². The van der Waals surface area contributed by atoms with E-state index in [1.807, 2.05) is 12.1 Å². The zero-order valence-electron chi connectivity index (χ0n) is 16.2. The largest absolute Gasteiger partial charge is 0.351 e. The molecule has 0 spiro atoms. The molecule has 1 aromatic carbocycles. The standard InChI is InChI=1S/C20H21N9/c1-14-3-2-4-15(11-14)29-25-19(24-26-29)18-6-5-16-13-27(9-10-28(16)18)20-17(12-21)22-7-8-23-20/h2-4,7-8,11,16,18H,5-6,9-10,13H2,1H3/t16-,18+/m1/s1. The van der Waals surface area contributed by atoms with Crippen molar-refractivity contribution in [2.45, 2.75) is 31.8 Å². The fraction of sp³-hybridized carbons (Fsp3) is 0.400. The van der Waals surface area contributed by atoms with E-state index in [-0.39, 0.29) is 6.04 Å².